The minimum Gasteiger partial charge on any atom is -0.0823 e. The number of alkyl halides is 2. The standard InChI is InChI=1S/C14H10Br2/c15-13-11-7-3-1-5-9(11)10-6-2-4-8-12(10)14(13)16/h1-8,13-14H. The van der Waals surface area contributed by atoms with Crippen molar-refractivity contribution in [3.8, 4) is 11.1 Å². The van der Waals surface area contributed by atoms with Crippen LogP contribution >= 0.6 is 31.9 Å². The summed E-state index contributed by atoms with van der Waals surface area (Å²) in [5, 5.41) is 0. The van der Waals surface area contributed by atoms with E-state index in [2.05, 4.69) is 80.4 Å². The molecule has 3 rings (SSSR count). The number of hydrogen-bond acceptors (Lipinski definition) is 0. The molecule has 0 spiro atoms. The molecule has 80 valence electrons. The summed E-state index contributed by atoms with van der Waals surface area (Å²) < 4.78 is 0. The van der Waals surface area contributed by atoms with Crippen LogP contribution in [0.15, 0.2) is 48.5 Å². The van der Waals surface area contributed by atoms with Gasteiger partial charge in [-0.1, -0.05) is 80.4 Å². The number of halogens is 2. The van der Waals surface area contributed by atoms with Gasteiger partial charge in [0.2, 0.25) is 0 Å². The first-order valence-electron chi connectivity index (χ1n) is 5.25. The highest BCUT2D eigenvalue weighted by Crippen LogP contribution is 2.52. The molecule has 0 bridgehead atoms. The average molecular weight is 338 g/mol. The van der Waals surface area contributed by atoms with E-state index in [0.29, 0.717) is 9.65 Å². The van der Waals surface area contributed by atoms with Crippen LogP contribution in [-0.4, -0.2) is 0 Å². The zero-order chi connectivity index (χ0) is 11.1. The molecule has 0 heterocycles. The van der Waals surface area contributed by atoms with Crippen LogP contribution in [-0.2, 0) is 0 Å². The van der Waals surface area contributed by atoms with Gasteiger partial charge in [0.05, 0.1) is 9.65 Å². The Hall–Kier alpha value is -0.600. The van der Waals surface area contributed by atoms with Gasteiger partial charge in [-0.25, -0.2) is 0 Å². The predicted octanol–water partition coefficient (Wildman–Crippen LogP) is 5.24. The van der Waals surface area contributed by atoms with E-state index < -0.39 is 0 Å². The largest absolute Gasteiger partial charge is 0.0823 e. The quantitative estimate of drug-likeness (QED) is 0.577. The first-order chi connectivity index (χ1) is 7.79. The first-order valence-corrected chi connectivity index (χ1v) is 7.08. The Morgan fingerprint density at radius 1 is 0.625 bits per heavy atom. The average Bonchev–Trinajstić information content (AvgIpc) is 2.36. The van der Waals surface area contributed by atoms with Crippen LogP contribution in [0.1, 0.15) is 20.8 Å². The highest BCUT2D eigenvalue weighted by molar-refractivity contribution is 9.12. The van der Waals surface area contributed by atoms with Gasteiger partial charge in [0, 0.05) is 0 Å². The molecule has 2 atom stereocenters. The van der Waals surface area contributed by atoms with Crippen molar-refractivity contribution in [2.24, 2.45) is 0 Å². The molecule has 16 heavy (non-hydrogen) atoms. The van der Waals surface area contributed by atoms with Crippen molar-refractivity contribution in [2.45, 2.75) is 9.65 Å². The van der Waals surface area contributed by atoms with E-state index in [4.69, 9.17) is 0 Å². The Kier molecular flexibility index (Phi) is 2.64. The maximum absolute atomic E-state index is 3.78. The summed E-state index contributed by atoms with van der Waals surface area (Å²) in [6.07, 6.45) is 0. The molecule has 0 N–H and O–H groups in total. The fourth-order valence-electron chi connectivity index (χ4n) is 2.28. The molecule has 2 heteroatoms. The van der Waals surface area contributed by atoms with E-state index in [1.165, 1.54) is 22.3 Å². The molecule has 1 aliphatic carbocycles. The Balaban J connectivity index is 2.33. The molecule has 2 aromatic carbocycles. The van der Waals surface area contributed by atoms with E-state index in [0.717, 1.165) is 0 Å². The summed E-state index contributed by atoms with van der Waals surface area (Å²) in [5.41, 5.74) is 5.41. The van der Waals surface area contributed by atoms with Crippen LogP contribution < -0.4 is 0 Å². The van der Waals surface area contributed by atoms with Crippen molar-refractivity contribution in [2.75, 3.05) is 0 Å². The topological polar surface area (TPSA) is 0 Å². The molecule has 0 radical (unpaired) electrons. The highest BCUT2D eigenvalue weighted by atomic mass is 79.9. The summed E-state index contributed by atoms with van der Waals surface area (Å²) in [4.78, 5) is 0.692. The van der Waals surface area contributed by atoms with Crippen molar-refractivity contribution < 1.29 is 0 Å². The number of fused-ring (bicyclic) bond motifs is 3. The summed E-state index contributed by atoms with van der Waals surface area (Å²) >= 11 is 7.55. The molecule has 2 unspecified atom stereocenters. The molecule has 0 aromatic heterocycles. The zero-order valence-electron chi connectivity index (χ0n) is 8.53. The molecule has 0 saturated carbocycles. The third-order valence-corrected chi connectivity index (χ3v) is 5.82. The van der Waals surface area contributed by atoms with E-state index >= 15 is 0 Å². The molecular weight excluding hydrogens is 328 g/mol. The lowest BCUT2D eigenvalue weighted by molar-refractivity contribution is 0.921. The Morgan fingerprint density at radius 2 is 1.00 bits per heavy atom. The Bertz CT molecular complexity index is 484. The zero-order valence-corrected chi connectivity index (χ0v) is 11.7. The van der Waals surface area contributed by atoms with Gasteiger partial charge in [0.25, 0.3) is 0 Å². The van der Waals surface area contributed by atoms with Crippen molar-refractivity contribution >= 4 is 31.9 Å². The minimum atomic E-state index is 0.346. The normalized spacial score (nSPS) is 22.4. The predicted molar refractivity (Wildman–Crippen MR) is 75.2 cm³/mol. The van der Waals surface area contributed by atoms with Gasteiger partial charge in [0.1, 0.15) is 0 Å². The third kappa shape index (κ3) is 1.47. The van der Waals surface area contributed by atoms with E-state index in [1.54, 1.807) is 0 Å². The fourth-order valence-corrected chi connectivity index (χ4v) is 3.65. The van der Waals surface area contributed by atoms with E-state index in [1.807, 2.05) is 0 Å². The Labute approximate surface area is 112 Å². The lowest BCUT2D eigenvalue weighted by Crippen LogP contribution is -2.08. The second-order valence-electron chi connectivity index (χ2n) is 3.98. The third-order valence-electron chi connectivity index (χ3n) is 3.06. The van der Waals surface area contributed by atoms with Crippen LogP contribution in [0.2, 0.25) is 0 Å². The molecule has 2 aromatic rings. The maximum Gasteiger partial charge on any atom is 0.0567 e. The van der Waals surface area contributed by atoms with Crippen molar-refractivity contribution in [3.05, 3.63) is 59.7 Å². The molecule has 0 aliphatic heterocycles. The van der Waals surface area contributed by atoms with Gasteiger partial charge in [-0.15, -0.1) is 0 Å². The second-order valence-corrected chi connectivity index (χ2v) is 5.95. The fraction of sp³-hybridized carbons (Fsp3) is 0.143. The van der Waals surface area contributed by atoms with E-state index in [9.17, 15) is 0 Å². The van der Waals surface area contributed by atoms with Crippen LogP contribution in [0, 0.1) is 0 Å². The van der Waals surface area contributed by atoms with Crippen LogP contribution in [0.3, 0.4) is 0 Å². The molecule has 0 fully saturated rings. The maximum atomic E-state index is 3.78. The highest BCUT2D eigenvalue weighted by Gasteiger charge is 2.29. The van der Waals surface area contributed by atoms with Crippen LogP contribution in [0.4, 0.5) is 0 Å². The Morgan fingerprint density at radius 3 is 1.44 bits per heavy atom. The van der Waals surface area contributed by atoms with Gasteiger partial charge in [-0.3, -0.25) is 0 Å². The van der Waals surface area contributed by atoms with Crippen molar-refractivity contribution in [1.29, 1.82) is 0 Å². The van der Waals surface area contributed by atoms with Crippen LogP contribution in [0.5, 0.6) is 0 Å². The molecule has 0 saturated heterocycles. The summed E-state index contributed by atoms with van der Waals surface area (Å²) in [6.45, 7) is 0. The number of rotatable bonds is 0. The molecule has 0 amide bonds. The minimum absolute atomic E-state index is 0.346. The molecule has 0 nitrogen and oxygen atoms in total. The summed E-state index contributed by atoms with van der Waals surface area (Å²) in [7, 11) is 0. The van der Waals surface area contributed by atoms with Gasteiger partial charge in [-0.05, 0) is 22.3 Å². The second kappa shape index (κ2) is 4.01. The van der Waals surface area contributed by atoms with Crippen LogP contribution in [0.25, 0.3) is 11.1 Å². The summed E-state index contributed by atoms with van der Waals surface area (Å²) in [6, 6.07) is 17.2. The monoisotopic (exact) mass is 336 g/mol. The van der Waals surface area contributed by atoms with Gasteiger partial charge >= 0.3 is 0 Å². The van der Waals surface area contributed by atoms with Crippen molar-refractivity contribution in [1.82, 2.24) is 0 Å². The van der Waals surface area contributed by atoms with Gasteiger partial charge in [0.15, 0.2) is 0 Å². The smallest absolute Gasteiger partial charge is 0.0567 e. The number of benzene rings is 2. The summed E-state index contributed by atoms with van der Waals surface area (Å²) in [5.74, 6) is 0. The van der Waals surface area contributed by atoms with Gasteiger partial charge in [-0.2, -0.15) is 0 Å². The first kappa shape index (κ1) is 10.5. The lowest BCUT2D eigenvalue weighted by atomic mass is 9.85. The molecule has 1 aliphatic rings. The lowest BCUT2D eigenvalue weighted by Gasteiger charge is -2.28. The van der Waals surface area contributed by atoms with Gasteiger partial charge < -0.3 is 0 Å². The SMILES string of the molecule is BrC1c2ccccc2-c2ccccc2C1Br. The number of hydrogen-bond donors (Lipinski definition) is 0. The molecular formula is C14H10Br2. The van der Waals surface area contributed by atoms with E-state index in [-0.39, 0.29) is 0 Å². The van der Waals surface area contributed by atoms with Crippen molar-refractivity contribution in [3.63, 3.8) is 0 Å².